The zero-order chi connectivity index (χ0) is 12.1. The number of carbonyl (C=O) groups is 1. The summed E-state index contributed by atoms with van der Waals surface area (Å²) < 4.78 is 9.31. The number of carboxylic acids is 1. The summed E-state index contributed by atoms with van der Waals surface area (Å²) in [5.74, 6) is -1.35. The van der Waals surface area contributed by atoms with Crippen molar-refractivity contribution in [2.75, 3.05) is 19.4 Å². The van der Waals surface area contributed by atoms with Crippen LogP contribution >= 0.6 is 7.60 Å². The molecule has 0 amide bonds. The monoisotopic (exact) mass is 241 g/mol. The number of hydrogen-bond acceptors (Lipinski definition) is 3. The Morgan fingerprint density at radius 2 is 2.00 bits per heavy atom. The molecule has 0 spiro atoms. The van der Waals surface area contributed by atoms with Crippen LogP contribution in [0.5, 0.6) is 0 Å². The molecule has 0 heterocycles. The van der Waals surface area contributed by atoms with Crippen molar-refractivity contribution in [3.05, 3.63) is 5.21 Å². The lowest BCUT2D eigenvalue weighted by Gasteiger charge is -2.40. The summed E-state index contributed by atoms with van der Waals surface area (Å²) in [6.07, 6.45) is 0.138. The number of carboxylic acid groups (broad SMARTS) is 1. The van der Waals surface area contributed by atoms with Crippen LogP contribution in [-0.2, 0) is 9.36 Å². The Labute approximate surface area is 87.7 Å². The van der Waals surface area contributed by atoms with Crippen LogP contribution in [0.25, 0.3) is 0 Å². The number of rotatable bonds is 7. The van der Waals surface area contributed by atoms with Crippen LogP contribution in [0.15, 0.2) is 0 Å². The minimum Gasteiger partial charge on any atom is -0.632 e. The number of quaternary nitrogens is 1. The van der Waals surface area contributed by atoms with E-state index in [4.69, 9.17) is 14.9 Å². The summed E-state index contributed by atoms with van der Waals surface area (Å²) in [6.45, 7) is 0.904. The van der Waals surface area contributed by atoms with E-state index in [1.807, 2.05) is 6.92 Å². The Morgan fingerprint density at radius 3 is 2.33 bits per heavy atom. The van der Waals surface area contributed by atoms with Crippen molar-refractivity contribution in [2.24, 2.45) is 0 Å². The summed E-state index contributed by atoms with van der Waals surface area (Å²) in [5, 5.41) is 20.2. The van der Waals surface area contributed by atoms with Gasteiger partial charge in [0, 0.05) is 0 Å². The molecule has 0 bridgehead atoms. The molecule has 0 rings (SSSR count). The van der Waals surface area contributed by atoms with E-state index in [2.05, 4.69) is 0 Å². The molecule has 0 fully saturated rings. The van der Waals surface area contributed by atoms with Gasteiger partial charge in [-0.25, -0.2) is 4.79 Å². The van der Waals surface area contributed by atoms with Crippen LogP contribution < -0.4 is 0 Å². The van der Waals surface area contributed by atoms with Crippen molar-refractivity contribution in [2.45, 2.75) is 19.8 Å². The van der Waals surface area contributed by atoms with E-state index in [0.29, 0.717) is 12.8 Å². The number of unbranched alkanes of at least 4 members (excludes halogenated alkanes) is 1. The van der Waals surface area contributed by atoms with Crippen LogP contribution in [0.4, 0.5) is 0 Å². The lowest BCUT2D eigenvalue weighted by molar-refractivity contribution is -0.862. The molecule has 3 N–H and O–H groups in total. The van der Waals surface area contributed by atoms with Crippen molar-refractivity contribution in [3.63, 3.8) is 0 Å². The highest BCUT2D eigenvalue weighted by Crippen LogP contribution is 2.37. The van der Waals surface area contributed by atoms with E-state index in [0.717, 1.165) is 0 Å². The molecular formula is C7H16NO6P. The molecule has 0 aliphatic heterocycles. The summed E-state index contributed by atoms with van der Waals surface area (Å²) in [7, 11) is -4.49. The summed E-state index contributed by atoms with van der Waals surface area (Å²) >= 11 is 0. The van der Waals surface area contributed by atoms with Crippen molar-refractivity contribution < 1.29 is 28.9 Å². The van der Waals surface area contributed by atoms with Gasteiger partial charge in [0.05, 0.1) is 6.54 Å². The third kappa shape index (κ3) is 7.47. The fourth-order valence-corrected chi connectivity index (χ4v) is 2.14. The van der Waals surface area contributed by atoms with Crippen molar-refractivity contribution >= 4 is 13.6 Å². The Kier molecular flexibility index (Phi) is 5.41. The predicted molar refractivity (Wildman–Crippen MR) is 52.8 cm³/mol. The highest BCUT2D eigenvalue weighted by Gasteiger charge is 2.29. The maximum Gasteiger partial charge on any atom is 0.379 e. The standard InChI is InChI=1S/C7H16NO6P/c1-2-3-4-8(11,5-7(9)10)6-15(12,13)14/h2-6H2,1H3,(H,9,10)(H2,12,13,14). The van der Waals surface area contributed by atoms with E-state index in [-0.39, 0.29) is 6.54 Å². The van der Waals surface area contributed by atoms with Gasteiger partial charge in [0.15, 0.2) is 12.8 Å². The number of hydrogen-bond donors (Lipinski definition) is 3. The van der Waals surface area contributed by atoms with Gasteiger partial charge in [0.2, 0.25) is 0 Å². The zero-order valence-electron chi connectivity index (χ0n) is 8.50. The van der Waals surface area contributed by atoms with E-state index < -0.39 is 31.0 Å². The first-order valence-electron chi connectivity index (χ1n) is 4.52. The third-order valence-electron chi connectivity index (χ3n) is 1.78. The molecule has 0 aliphatic rings. The molecule has 0 saturated heterocycles. The maximum absolute atomic E-state index is 11.8. The normalized spacial score (nSPS) is 16.0. The Hall–Kier alpha value is -0.460. The Balaban J connectivity index is 4.54. The van der Waals surface area contributed by atoms with E-state index in [1.165, 1.54) is 0 Å². The van der Waals surface area contributed by atoms with Gasteiger partial charge in [-0.2, -0.15) is 0 Å². The van der Waals surface area contributed by atoms with Gasteiger partial charge >= 0.3 is 13.6 Å². The fraction of sp³-hybridized carbons (Fsp3) is 0.857. The molecule has 90 valence electrons. The first-order valence-corrected chi connectivity index (χ1v) is 6.32. The quantitative estimate of drug-likeness (QED) is 0.335. The molecule has 0 aromatic heterocycles. The maximum atomic E-state index is 11.8. The van der Waals surface area contributed by atoms with E-state index in [9.17, 15) is 14.6 Å². The molecule has 0 aliphatic carbocycles. The van der Waals surface area contributed by atoms with Crippen LogP contribution in [0.2, 0.25) is 0 Å². The summed E-state index contributed by atoms with van der Waals surface area (Å²) in [5.41, 5.74) is 0. The molecule has 0 radical (unpaired) electrons. The van der Waals surface area contributed by atoms with Gasteiger partial charge in [-0.05, 0) is 6.42 Å². The first kappa shape index (κ1) is 14.5. The largest absolute Gasteiger partial charge is 0.632 e. The third-order valence-corrected chi connectivity index (χ3v) is 2.67. The molecule has 0 saturated carbocycles. The van der Waals surface area contributed by atoms with E-state index >= 15 is 0 Å². The fourth-order valence-electron chi connectivity index (χ4n) is 1.23. The Bertz CT molecular complexity index is 264. The van der Waals surface area contributed by atoms with Crippen LogP contribution in [0, 0.1) is 5.21 Å². The topological polar surface area (TPSA) is 118 Å². The smallest absolute Gasteiger partial charge is 0.379 e. The zero-order valence-corrected chi connectivity index (χ0v) is 9.39. The average molecular weight is 241 g/mol. The van der Waals surface area contributed by atoms with Gasteiger partial charge in [-0.15, -0.1) is 0 Å². The number of hydroxylamine groups is 3. The van der Waals surface area contributed by atoms with Gasteiger partial charge in [0.25, 0.3) is 0 Å². The second-order valence-electron chi connectivity index (χ2n) is 3.49. The molecule has 1 unspecified atom stereocenters. The number of aliphatic carboxylic acids is 1. The predicted octanol–water partition coefficient (Wildman–Crippen LogP) is 0.321. The first-order chi connectivity index (χ1) is 6.68. The van der Waals surface area contributed by atoms with Crippen LogP contribution in [0.3, 0.4) is 0 Å². The van der Waals surface area contributed by atoms with Crippen molar-refractivity contribution in [1.29, 1.82) is 0 Å². The second kappa shape index (κ2) is 5.58. The molecule has 8 heteroatoms. The van der Waals surface area contributed by atoms with Gasteiger partial charge in [0.1, 0.15) is 0 Å². The van der Waals surface area contributed by atoms with Crippen LogP contribution in [0.1, 0.15) is 19.8 Å². The van der Waals surface area contributed by atoms with Gasteiger partial charge < -0.3 is 24.7 Å². The molecule has 15 heavy (non-hydrogen) atoms. The molecule has 0 aromatic carbocycles. The van der Waals surface area contributed by atoms with E-state index in [1.54, 1.807) is 0 Å². The lowest BCUT2D eigenvalue weighted by Crippen LogP contribution is -2.47. The summed E-state index contributed by atoms with van der Waals surface area (Å²) in [4.78, 5) is 27.7. The van der Waals surface area contributed by atoms with Crippen LogP contribution in [-0.4, -0.2) is 44.9 Å². The SMILES string of the molecule is CCCC[N+]([O-])(CC(=O)O)CP(=O)(O)O. The highest BCUT2D eigenvalue weighted by atomic mass is 31.2. The minimum absolute atomic E-state index is 0.0894. The summed E-state index contributed by atoms with van der Waals surface area (Å²) in [6, 6.07) is 0. The Morgan fingerprint density at radius 1 is 1.47 bits per heavy atom. The second-order valence-corrected chi connectivity index (χ2v) is 5.11. The average Bonchev–Trinajstić information content (AvgIpc) is 1.95. The molecule has 0 aromatic rings. The highest BCUT2D eigenvalue weighted by molar-refractivity contribution is 7.51. The number of nitrogens with zero attached hydrogens (tertiary/aromatic N) is 1. The molecular weight excluding hydrogens is 225 g/mol. The molecule has 7 nitrogen and oxygen atoms in total. The minimum atomic E-state index is -4.49. The lowest BCUT2D eigenvalue weighted by atomic mass is 10.3. The van der Waals surface area contributed by atoms with Crippen molar-refractivity contribution in [1.82, 2.24) is 0 Å². The van der Waals surface area contributed by atoms with Gasteiger partial charge in [-0.3, -0.25) is 4.57 Å². The van der Waals surface area contributed by atoms with Crippen molar-refractivity contribution in [3.8, 4) is 0 Å². The van der Waals surface area contributed by atoms with Gasteiger partial charge in [-0.1, -0.05) is 13.3 Å². The molecule has 1 atom stereocenters.